The standard InChI is InChI=1S/C16H23N3O2/c1-11-6-7-19(15(8-11)10-17)16(21)13-4-3-5-14(9-13)18-12(2)20/h3-5,9,11,15H,6-8,10,17H2,1-2H3,(H,18,20). The van der Waals surface area contributed by atoms with Gasteiger partial charge in [-0.1, -0.05) is 13.0 Å². The van der Waals surface area contributed by atoms with Crippen molar-refractivity contribution < 1.29 is 9.59 Å². The molecule has 5 nitrogen and oxygen atoms in total. The van der Waals surface area contributed by atoms with Gasteiger partial charge in [0.2, 0.25) is 5.91 Å². The zero-order valence-corrected chi connectivity index (χ0v) is 12.6. The van der Waals surface area contributed by atoms with Crippen LogP contribution in [0.3, 0.4) is 0 Å². The third-order valence-corrected chi connectivity index (χ3v) is 3.94. The van der Waals surface area contributed by atoms with Crippen LogP contribution < -0.4 is 11.1 Å². The molecule has 0 aromatic heterocycles. The fourth-order valence-electron chi connectivity index (χ4n) is 2.84. The van der Waals surface area contributed by atoms with Crippen LogP contribution in [0.1, 0.15) is 37.0 Å². The van der Waals surface area contributed by atoms with E-state index in [1.54, 1.807) is 24.3 Å². The molecule has 0 spiro atoms. The zero-order valence-electron chi connectivity index (χ0n) is 12.6. The van der Waals surface area contributed by atoms with Crippen molar-refractivity contribution in [3.63, 3.8) is 0 Å². The summed E-state index contributed by atoms with van der Waals surface area (Å²) >= 11 is 0. The van der Waals surface area contributed by atoms with Crippen molar-refractivity contribution in [1.29, 1.82) is 0 Å². The quantitative estimate of drug-likeness (QED) is 0.891. The molecule has 5 heteroatoms. The van der Waals surface area contributed by atoms with Crippen LogP contribution in [0.4, 0.5) is 5.69 Å². The van der Waals surface area contributed by atoms with Gasteiger partial charge in [0.25, 0.3) is 5.91 Å². The molecule has 1 aliphatic rings. The number of nitrogens with zero attached hydrogens (tertiary/aromatic N) is 1. The van der Waals surface area contributed by atoms with E-state index in [2.05, 4.69) is 12.2 Å². The van der Waals surface area contributed by atoms with Crippen LogP contribution in [0.15, 0.2) is 24.3 Å². The SMILES string of the molecule is CC(=O)Nc1cccc(C(=O)N2CCC(C)CC2CN)c1. The molecule has 0 aliphatic carbocycles. The molecule has 2 atom stereocenters. The molecule has 1 aromatic carbocycles. The van der Waals surface area contributed by atoms with Crippen molar-refractivity contribution in [2.24, 2.45) is 11.7 Å². The number of carbonyl (C=O) groups is 2. The Morgan fingerprint density at radius 3 is 2.86 bits per heavy atom. The van der Waals surface area contributed by atoms with E-state index in [4.69, 9.17) is 5.73 Å². The molecule has 1 fully saturated rings. The first-order valence-electron chi connectivity index (χ1n) is 7.40. The topological polar surface area (TPSA) is 75.4 Å². The number of anilines is 1. The van der Waals surface area contributed by atoms with Crippen molar-refractivity contribution >= 4 is 17.5 Å². The first-order chi connectivity index (χ1) is 10.0. The van der Waals surface area contributed by atoms with Crippen LogP contribution in [0.5, 0.6) is 0 Å². The number of hydrogen-bond donors (Lipinski definition) is 2. The molecule has 1 heterocycles. The van der Waals surface area contributed by atoms with Gasteiger partial charge in [-0.3, -0.25) is 9.59 Å². The van der Waals surface area contributed by atoms with E-state index in [0.717, 1.165) is 19.4 Å². The normalized spacial score (nSPS) is 22.0. The molecule has 21 heavy (non-hydrogen) atoms. The lowest BCUT2D eigenvalue weighted by Crippen LogP contribution is -2.49. The lowest BCUT2D eigenvalue weighted by atomic mass is 9.92. The van der Waals surface area contributed by atoms with Crippen molar-refractivity contribution in [2.45, 2.75) is 32.7 Å². The summed E-state index contributed by atoms with van der Waals surface area (Å²) in [5.74, 6) is 0.448. The summed E-state index contributed by atoms with van der Waals surface area (Å²) in [5.41, 5.74) is 7.05. The summed E-state index contributed by atoms with van der Waals surface area (Å²) in [4.78, 5) is 25.6. The first kappa shape index (κ1) is 15.5. The Hall–Kier alpha value is -1.88. The summed E-state index contributed by atoms with van der Waals surface area (Å²) < 4.78 is 0. The average molecular weight is 289 g/mol. The van der Waals surface area contributed by atoms with Gasteiger partial charge in [0.1, 0.15) is 0 Å². The maximum absolute atomic E-state index is 12.7. The van der Waals surface area contributed by atoms with E-state index >= 15 is 0 Å². The molecular weight excluding hydrogens is 266 g/mol. The Morgan fingerprint density at radius 2 is 2.19 bits per heavy atom. The van der Waals surface area contributed by atoms with Crippen molar-refractivity contribution in [3.8, 4) is 0 Å². The van der Waals surface area contributed by atoms with Crippen molar-refractivity contribution in [1.82, 2.24) is 4.90 Å². The minimum atomic E-state index is -0.147. The lowest BCUT2D eigenvalue weighted by Gasteiger charge is -2.38. The predicted molar refractivity (Wildman–Crippen MR) is 83.0 cm³/mol. The second-order valence-electron chi connectivity index (χ2n) is 5.78. The highest BCUT2D eigenvalue weighted by atomic mass is 16.2. The van der Waals surface area contributed by atoms with Crippen LogP contribution in [0.25, 0.3) is 0 Å². The van der Waals surface area contributed by atoms with Gasteiger partial charge in [-0.15, -0.1) is 0 Å². The van der Waals surface area contributed by atoms with Crippen LogP contribution in [-0.4, -0.2) is 35.8 Å². The van der Waals surface area contributed by atoms with Gasteiger partial charge in [0, 0.05) is 37.3 Å². The molecule has 3 N–H and O–H groups in total. The number of hydrogen-bond acceptors (Lipinski definition) is 3. The highest BCUT2D eigenvalue weighted by molar-refractivity contribution is 5.97. The highest BCUT2D eigenvalue weighted by Crippen LogP contribution is 2.24. The number of likely N-dealkylation sites (tertiary alicyclic amines) is 1. The molecule has 0 saturated carbocycles. The molecule has 2 amide bonds. The van der Waals surface area contributed by atoms with E-state index < -0.39 is 0 Å². The van der Waals surface area contributed by atoms with Gasteiger partial charge in [0.05, 0.1) is 0 Å². The lowest BCUT2D eigenvalue weighted by molar-refractivity contribution is -0.114. The molecule has 2 unspecified atom stereocenters. The fraction of sp³-hybridized carbons (Fsp3) is 0.500. The number of nitrogens with two attached hydrogens (primary N) is 1. The van der Waals surface area contributed by atoms with Crippen molar-refractivity contribution in [3.05, 3.63) is 29.8 Å². The predicted octanol–water partition coefficient (Wildman–Crippen LogP) is 1.84. The number of rotatable bonds is 3. The van der Waals surface area contributed by atoms with E-state index in [9.17, 15) is 9.59 Å². The first-order valence-corrected chi connectivity index (χ1v) is 7.40. The smallest absolute Gasteiger partial charge is 0.254 e. The maximum atomic E-state index is 12.7. The Balaban J connectivity index is 2.17. The molecule has 0 bridgehead atoms. The Morgan fingerprint density at radius 1 is 1.43 bits per heavy atom. The van der Waals surface area contributed by atoms with Crippen LogP contribution >= 0.6 is 0 Å². The second kappa shape index (κ2) is 6.72. The fourth-order valence-corrected chi connectivity index (χ4v) is 2.84. The van der Waals surface area contributed by atoms with Gasteiger partial charge >= 0.3 is 0 Å². The van der Waals surface area contributed by atoms with Gasteiger partial charge in [0.15, 0.2) is 0 Å². The summed E-state index contributed by atoms with van der Waals surface area (Å²) in [7, 11) is 0. The number of amides is 2. The molecule has 0 radical (unpaired) electrons. The number of benzene rings is 1. The Bertz CT molecular complexity index is 530. The van der Waals surface area contributed by atoms with E-state index in [1.807, 2.05) is 4.90 Å². The molecule has 1 aliphatic heterocycles. The van der Waals surface area contributed by atoms with Gasteiger partial charge in [-0.25, -0.2) is 0 Å². The van der Waals surface area contributed by atoms with E-state index in [0.29, 0.717) is 23.7 Å². The minimum Gasteiger partial charge on any atom is -0.334 e. The average Bonchev–Trinajstić information content (AvgIpc) is 2.46. The highest BCUT2D eigenvalue weighted by Gasteiger charge is 2.29. The van der Waals surface area contributed by atoms with Gasteiger partial charge in [-0.05, 0) is 37.0 Å². The van der Waals surface area contributed by atoms with E-state index in [1.165, 1.54) is 6.92 Å². The Labute approximate surface area is 125 Å². The second-order valence-corrected chi connectivity index (χ2v) is 5.78. The summed E-state index contributed by atoms with van der Waals surface area (Å²) in [6.45, 7) is 4.88. The van der Waals surface area contributed by atoms with Crippen LogP contribution in [-0.2, 0) is 4.79 Å². The van der Waals surface area contributed by atoms with Crippen molar-refractivity contribution in [2.75, 3.05) is 18.4 Å². The summed E-state index contributed by atoms with van der Waals surface area (Å²) in [6.07, 6.45) is 1.96. The summed E-state index contributed by atoms with van der Waals surface area (Å²) in [6, 6.07) is 7.15. The summed E-state index contributed by atoms with van der Waals surface area (Å²) in [5, 5.41) is 2.70. The molecular formula is C16H23N3O2. The molecule has 1 saturated heterocycles. The van der Waals surface area contributed by atoms with E-state index in [-0.39, 0.29) is 17.9 Å². The number of carbonyl (C=O) groups excluding carboxylic acids is 2. The molecule has 114 valence electrons. The molecule has 2 rings (SSSR count). The third kappa shape index (κ3) is 3.82. The largest absolute Gasteiger partial charge is 0.334 e. The van der Waals surface area contributed by atoms with Gasteiger partial charge in [-0.2, -0.15) is 0 Å². The molecule has 1 aromatic rings. The Kier molecular flexibility index (Phi) is 4.96. The van der Waals surface area contributed by atoms with Crippen LogP contribution in [0.2, 0.25) is 0 Å². The number of nitrogens with one attached hydrogen (secondary N) is 1. The zero-order chi connectivity index (χ0) is 15.4. The van der Waals surface area contributed by atoms with Crippen LogP contribution in [0, 0.1) is 5.92 Å². The third-order valence-electron chi connectivity index (χ3n) is 3.94. The maximum Gasteiger partial charge on any atom is 0.254 e. The van der Waals surface area contributed by atoms with Gasteiger partial charge < -0.3 is 16.0 Å². The number of piperidine rings is 1. The minimum absolute atomic E-state index is 0.00967. The monoisotopic (exact) mass is 289 g/mol.